The summed E-state index contributed by atoms with van der Waals surface area (Å²) in [4.78, 5) is 14.4. The van der Waals surface area contributed by atoms with Gasteiger partial charge in [0, 0.05) is 73.2 Å². The van der Waals surface area contributed by atoms with Gasteiger partial charge in [-0.1, -0.05) is 6.07 Å². The van der Waals surface area contributed by atoms with E-state index in [9.17, 15) is 4.21 Å². The second-order valence-corrected chi connectivity index (χ2v) is 10.4. The number of aryl methyl sites for hydroxylation is 1. The number of nitrogen functional groups attached to an aromatic ring is 1. The Morgan fingerprint density at radius 2 is 2.12 bits per heavy atom. The van der Waals surface area contributed by atoms with Gasteiger partial charge in [-0.05, 0) is 30.2 Å². The number of nitrogens with zero attached hydrogens (tertiary/aromatic N) is 5. The van der Waals surface area contributed by atoms with Crippen LogP contribution in [0.15, 0.2) is 53.3 Å². The van der Waals surface area contributed by atoms with E-state index in [1.165, 1.54) is 11.3 Å². The summed E-state index contributed by atoms with van der Waals surface area (Å²) in [6.07, 6.45) is 7.93. The van der Waals surface area contributed by atoms with Crippen LogP contribution >= 0.6 is 11.3 Å². The zero-order valence-electron chi connectivity index (χ0n) is 18.2. The van der Waals surface area contributed by atoms with Crippen molar-refractivity contribution in [2.75, 3.05) is 25.2 Å². The van der Waals surface area contributed by atoms with E-state index in [4.69, 9.17) is 15.5 Å². The summed E-state index contributed by atoms with van der Waals surface area (Å²) in [6, 6.07) is 7.90. The third-order valence-electron chi connectivity index (χ3n) is 5.29. The molecule has 5 heterocycles. The minimum atomic E-state index is -1.23. The summed E-state index contributed by atoms with van der Waals surface area (Å²) >= 11 is 1.38. The molecule has 10 heteroatoms. The molecule has 0 bridgehead atoms. The highest BCUT2D eigenvalue weighted by Crippen LogP contribution is 2.42. The van der Waals surface area contributed by atoms with Gasteiger partial charge in [-0.15, -0.1) is 11.3 Å². The first-order valence-corrected chi connectivity index (χ1v) is 12.5. The minimum absolute atomic E-state index is 0.488. The van der Waals surface area contributed by atoms with Gasteiger partial charge in [-0.25, -0.2) is 9.97 Å². The number of anilines is 1. The standard InChI is InChI=1S/C23H22N6O2S2/c1-29-13-16-9-15(12-26-21(16)28-29)18-10-17(14-5-3-6-25-11-14)19-20(24)23(32-22(19)27-18)33(30)8-4-7-31-2/h3,5-6,9-13H,4,7-8,24H2,1-2H3. The quantitative estimate of drug-likeness (QED) is 0.352. The molecule has 8 nitrogen and oxygen atoms in total. The fraction of sp³-hybridized carbons (Fsp3) is 0.217. The summed E-state index contributed by atoms with van der Waals surface area (Å²) in [5, 5.41) is 6.09. The molecular formula is C23H22N6O2S2. The first kappa shape index (κ1) is 21.6. The monoisotopic (exact) mass is 478 g/mol. The lowest BCUT2D eigenvalue weighted by atomic mass is 10.0. The second-order valence-electron chi connectivity index (χ2n) is 7.62. The highest BCUT2D eigenvalue weighted by molar-refractivity contribution is 7.87. The van der Waals surface area contributed by atoms with Crippen molar-refractivity contribution in [1.82, 2.24) is 24.7 Å². The van der Waals surface area contributed by atoms with Crippen molar-refractivity contribution >= 4 is 49.1 Å². The van der Waals surface area contributed by atoms with Crippen LogP contribution < -0.4 is 5.73 Å². The lowest BCUT2D eigenvalue weighted by Gasteiger charge is -2.08. The van der Waals surface area contributed by atoms with Crippen LogP contribution in [0.5, 0.6) is 0 Å². The molecule has 0 radical (unpaired) electrons. The molecule has 0 spiro atoms. The zero-order valence-corrected chi connectivity index (χ0v) is 19.8. The van der Waals surface area contributed by atoms with E-state index in [-0.39, 0.29) is 0 Å². The first-order chi connectivity index (χ1) is 16.0. The Balaban J connectivity index is 1.68. The Labute approximate surface area is 196 Å². The van der Waals surface area contributed by atoms with Crippen molar-refractivity contribution in [3.8, 4) is 22.4 Å². The van der Waals surface area contributed by atoms with Crippen LogP contribution in [0.25, 0.3) is 43.6 Å². The van der Waals surface area contributed by atoms with E-state index in [0.717, 1.165) is 38.0 Å². The van der Waals surface area contributed by atoms with E-state index in [1.807, 2.05) is 37.5 Å². The number of rotatable bonds is 7. The normalized spacial score (nSPS) is 12.5. The molecule has 33 heavy (non-hydrogen) atoms. The second kappa shape index (κ2) is 8.97. The van der Waals surface area contributed by atoms with Crippen molar-refractivity contribution in [2.45, 2.75) is 10.6 Å². The molecule has 5 aromatic rings. The van der Waals surface area contributed by atoms with Gasteiger partial charge in [0.25, 0.3) is 0 Å². The molecule has 1 unspecified atom stereocenters. The molecule has 0 aliphatic carbocycles. The predicted octanol–water partition coefficient (Wildman–Crippen LogP) is 4.03. The van der Waals surface area contributed by atoms with Gasteiger partial charge in [0.15, 0.2) is 5.65 Å². The van der Waals surface area contributed by atoms with Crippen molar-refractivity contribution < 1.29 is 8.95 Å². The fourth-order valence-electron chi connectivity index (χ4n) is 3.77. The first-order valence-electron chi connectivity index (χ1n) is 10.4. The molecule has 0 amide bonds. The summed E-state index contributed by atoms with van der Waals surface area (Å²) in [6.45, 7) is 0.559. The van der Waals surface area contributed by atoms with Crippen molar-refractivity contribution in [1.29, 1.82) is 0 Å². The maximum absolute atomic E-state index is 13.0. The molecule has 1 atom stereocenters. The molecule has 0 saturated heterocycles. The highest BCUT2D eigenvalue weighted by Gasteiger charge is 2.21. The van der Waals surface area contributed by atoms with E-state index >= 15 is 0 Å². The minimum Gasteiger partial charge on any atom is -0.396 e. The molecule has 5 rings (SSSR count). The largest absolute Gasteiger partial charge is 0.396 e. The SMILES string of the molecule is COCCCS(=O)c1sc2nc(-c3cnc4nn(C)cc4c3)cc(-c3cccnc3)c2c1N. The van der Waals surface area contributed by atoms with Gasteiger partial charge in [0.1, 0.15) is 9.04 Å². The number of aromatic nitrogens is 5. The maximum atomic E-state index is 13.0. The van der Waals surface area contributed by atoms with Gasteiger partial charge in [0.05, 0.1) is 22.2 Å². The third kappa shape index (κ3) is 4.12. The Hall–Kier alpha value is -3.21. The number of thiophene rings is 1. The van der Waals surface area contributed by atoms with Gasteiger partial charge >= 0.3 is 0 Å². The smallest absolute Gasteiger partial charge is 0.181 e. The zero-order chi connectivity index (χ0) is 22.9. The number of fused-ring (bicyclic) bond motifs is 2. The van der Waals surface area contributed by atoms with Gasteiger partial charge in [0.2, 0.25) is 0 Å². The van der Waals surface area contributed by atoms with Crippen molar-refractivity contribution in [3.05, 3.63) is 49.1 Å². The Morgan fingerprint density at radius 3 is 2.91 bits per heavy atom. The number of pyridine rings is 3. The average molecular weight is 479 g/mol. The van der Waals surface area contributed by atoms with Gasteiger partial charge in [-0.2, -0.15) is 5.10 Å². The van der Waals surface area contributed by atoms with E-state index < -0.39 is 10.8 Å². The van der Waals surface area contributed by atoms with E-state index in [2.05, 4.69) is 15.1 Å². The third-order valence-corrected chi connectivity index (χ3v) is 8.29. The number of ether oxygens (including phenoxy) is 1. The molecule has 2 N–H and O–H groups in total. The number of hydrogen-bond donors (Lipinski definition) is 1. The highest BCUT2D eigenvalue weighted by atomic mass is 32.2. The number of nitrogens with two attached hydrogens (primary N) is 1. The van der Waals surface area contributed by atoms with Crippen LogP contribution in [0.3, 0.4) is 0 Å². The van der Waals surface area contributed by atoms with Crippen LogP contribution in [-0.4, -0.2) is 48.4 Å². The fourth-order valence-corrected chi connectivity index (χ4v) is 6.39. The number of methoxy groups -OCH3 is 1. The number of hydrogen-bond acceptors (Lipinski definition) is 8. The van der Waals surface area contributed by atoms with Crippen LogP contribution in [0.1, 0.15) is 6.42 Å². The molecule has 5 aromatic heterocycles. The molecule has 0 saturated carbocycles. The summed E-state index contributed by atoms with van der Waals surface area (Å²) in [5.74, 6) is 0.488. The Kier molecular flexibility index (Phi) is 5.88. The molecule has 0 aliphatic heterocycles. The average Bonchev–Trinajstić information content (AvgIpc) is 3.37. The predicted molar refractivity (Wildman–Crippen MR) is 133 cm³/mol. The van der Waals surface area contributed by atoms with Crippen LogP contribution in [0.4, 0.5) is 5.69 Å². The molecule has 0 aliphatic rings. The van der Waals surface area contributed by atoms with Gasteiger partial charge < -0.3 is 10.5 Å². The topological polar surface area (TPSA) is 109 Å². The van der Waals surface area contributed by atoms with Crippen molar-refractivity contribution in [3.63, 3.8) is 0 Å². The maximum Gasteiger partial charge on any atom is 0.181 e. The van der Waals surface area contributed by atoms with Gasteiger partial charge in [-0.3, -0.25) is 13.9 Å². The van der Waals surface area contributed by atoms with E-state index in [0.29, 0.717) is 34.3 Å². The van der Waals surface area contributed by atoms with Crippen LogP contribution in [0.2, 0.25) is 0 Å². The van der Waals surface area contributed by atoms with Crippen LogP contribution in [-0.2, 0) is 22.6 Å². The van der Waals surface area contributed by atoms with Crippen LogP contribution in [0, 0.1) is 0 Å². The molecule has 168 valence electrons. The summed E-state index contributed by atoms with van der Waals surface area (Å²) in [7, 11) is 2.28. The summed E-state index contributed by atoms with van der Waals surface area (Å²) in [5.41, 5.74) is 11.2. The molecule has 0 fully saturated rings. The molecule has 0 aromatic carbocycles. The lowest BCUT2D eigenvalue weighted by molar-refractivity contribution is 0.200. The van der Waals surface area contributed by atoms with E-state index in [1.54, 1.807) is 30.4 Å². The van der Waals surface area contributed by atoms with Crippen molar-refractivity contribution in [2.24, 2.45) is 7.05 Å². The molecular weight excluding hydrogens is 456 g/mol. The summed E-state index contributed by atoms with van der Waals surface area (Å²) < 4.78 is 20.5. The Bertz CT molecular complexity index is 1480. The lowest BCUT2D eigenvalue weighted by Crippen LogP contribution is -2.02. The Morgan fingerprint density at radius 1 is 1.24 bits per heavy atom.